The predicted molar refractivity (Wildman–Crippen MR) is 71.2 cm³/mol. The molecule has 0 aromatic heterocycles. The largest absolute Gasteiger partial charge is 0.241 e. The van der Waals surface area contributed by atoms with Gasteiger partial charge in [0.1, 0.15) is 0 Å². The summed E-state index contributed by atoms with van der Waals surface area (Å²) in [7, 11) is -3.52. The van der Waals surface area contributed by atoms with Crippen molar-refractivity contribution < 1.29 is 8.42 Å². The monoisotopic (exact) mass is 295 g/mol. The molecule has 0 bridgehead atoms. The van der Waals surface area contributed by atoms with Crippen LogP contribution in [0.2, 0.25) is 5.02 Å². The van der Waals surface area contributed by atoms with E-state index in [-0.39, 0.29) is 4.90 Å². The highest BCUT2D eigenvalue weighted by Gasteiger charge is 2.25. The van der Waals surface area contributed by atoms with Gasteiger partial charge in [0.05, 0.1) is 4.90 Å². The number of nitrogens with one attached hydrogen (secondary N) is 1. The summed E-state index contributed by atoms with van der Waals surface area (Å²) in [5, 5.41) is 0.504. The summed E-state index contributed by atoms with van der Waals surface area (Å²) in [6, 6.07) is 6.04. The van der Waals surface area contributed by atoms with Crippen molar-refractivity contribution in [1.82, 2.24) is 4.72 Å². The fourth-order valence-electron chi connectivity index (χ4n) is 1.32. The molecule has 0 fully saturated rings. The number of halogens is 2. The Morgan fingerprint density at radius 1 is 1.24 bits per heavy atom. The molecule has 0 aliphatic rings. The summed E-state index contributed by atoms with van der Waals surface area (Å²) in [4.78, 5) is 0.199. The molecule has 0 saturated heterocycles. The van der Waals surface area contributed by atoms with Crippen molar-refractivity contribution in [1.29, 1.82) is 0 Å². The SMILES string of the molecule is CC(C)(CCCl)NS(=O)(=O)c1ccc(Cl)cc1. The van der Waals surface area contributed by atoms with Gasteiger partial charge in [-0.2, -0.15) is 0 Å². The van der Waals surface area contributed by atoms with Crippen molar-refractivity contribution in [2.75, 3.05) is 5.88 Å². The van der Waals surface area contributed by atoms with Gasteiger partial charge in [-0.15, -0.1) is 11.6 Å². The maximum Gasteiger partial charge on any atom is 0.241 e. The third-order valence-electron chi connectivity index (χ3n) is 2.25. The third kappa shape index (κ3) is 4.47. The first-order chi connectivity index (χ1) is 7.77. The molecule has 3 nitrogen and oxygen atoms in total. The Hall–Kier alpha value is -0.290. The van der Waals surface area contributed by atoms with Crippen LogP contribution in [0.1, 0.15) is 20.3 Å². The Morgan fingerprint density at radius 2 is 1.76 bits per heavy atom. The molecule has 0 unspecified atom stereocenters. The summed E-state index contributed by atoms with van der Waals surface area (Å²) in [5.41, 5.74) is -0.569. The Balaban J connectivity index is 2.93. The van der Waals surface area contributed by atoms with Gasteiger partial charge < -0.3 is 0 Å². The molecule has 0 saturated carbocycles. The first kappa shape index (κ1) is 14.8. The number of benzene rings is 1. The van der Waals surface area contributed by atoms with E-state index >= 15 is 0 Å². The van der Waals surface area contributed by atoms with Crippen molar-refractivity contribution in [2.45, 2.75) is 30.7 Å². The molecule has 0 atom stereocenters. The van der Waals surface area contributed by atoms with E-state index in [0.29, 0.717) is 17.3 Å². The maximum atomic E-state index is 12.0. The van der Waals surface area contributed by atoms with Gasteiger partial charge in [-0.1, -0.05) is 11.6 Å². The average Bonchev–Trinajstić information content (AvgIpc) is 2.16. The summed E-state index contributed by atoms with van der Waals surface area (Å²) in [6.45, 7) is 3.59. The van der Waals surface area contributed by atoms with Crippen LogP contribution in [0, 0.1) is 0 Å². The lowest BCUT2D eigenvalue weighted by Gasteiger charge is -2.24. The normalized spacial score (nSPS) is 12.7. The number of hydrogen-bond acceptors (Lipinski definition) is 2. The molecular weight excluding hydrogens is 281 g/mol. The van der Waals surface area contributed by atoms with E-state index in [1.54, 1.807) is 26.0 Å². The molecular formula is C11H15Cl2NO2S. The molecule has 0 aliphatic heterocycles. The van der Waals surface area contributed by atoms with Crippen LogP contribution in [0.4, 0.5) is 0 Å². The molecule has 0 aliphatic carbocycles. The minimum Gasteiger partial charge on any atom is -0.207 e. The zero-order valence-corrected chi connectivity index (χ0v) is 12.0. The second kappa shape index (κ2) is 5.57. The van der Waals surface area contributed by atoms with E-state index in [9.17, 15) is 8.42 Å². The zero-order valence-electron chi connectivity index (χ0n) is 9.70. The fourth-order valence-corrected chi connectivity index (χ4v) is 3.36. The van der Waals surface area contributed by atoms with Gasteiger partial charge in [-0.3, -0.25) is 0 Å². The van der Waals surface area contributed by atoms with Gasteiger partial charge >= 0.3 is 0 Å². The molecule has 0 radical (unpaired) electrons. The quantitative estimate of drug-likeness (QED) is 0.849. The topological polar surface area (TPSA) is 46.2 Å². The molecule has 6 heteroatoms. The number of sulfonamides is 1. The highest BCUT2D eigenvalue weighted by Crippen LogP contribution is 2.18. The van der Waals surface area contributed by atoms with Crippen molar-refractivity contribution in [3.8, 4) is 0 Å². The lowest BCUT2D eigenvalue weighted by Crippen LogP contribution is -2.43. The minimum absolute atomic E-state index is 0.199. The Morgan fingerprint density at radius 3 is 2.24 bits per heavy atom. The summed E-state index contributed by atoms with van der Waals surface area (Å²) in [6.07, 6.45) is 0.557. The van der Waals surface area contributed by atoms with Gasteiger partial charge in [-0.05, 0) is 44.5 Å². The number of rotatable bonds is 5. The Bertz CT molecular complexity index is 469. The lowest BCUT2D eigenvalue weighted by molar-refractivity contribution is 0.441. The van der Waals surface area contributed by atoms with E-state index in [2.05, 4.69) is 4.72 Å². The second-order valence-corrected chi connectivity index (χ2v) is 6.88. The molecule has 1 N–H and O–H groups in total. The van der Waals surface area contributed by atoms with Gasteiger partial charge in [0.25, 0.3) is 0 Å². The van der Waals surface area contributed by atoms with Gasteiger partial charge in [0, 0.05) is 16.4 Å². The predicted octanol–water partition coefficient (Wildman–Crippen LogP) is 3.03. The maximum absolute atomic E-state index is 12.0. The third-order valence-corrected chi connectivity index (χ3v) is 4.41. The zero-order chi connectivity index (χ0) is 13.1. The second-order valence-electron chi connectivity index (χ2n) is 4.38. The van der Waals surface area contributed by atoms with Crippen LogP contribution in [0.5, 0.6) is 0 Å². The van der Waals surface area contributed by atoms with E-state index in [4.69, 9.17) is 23.2 Å². The van der Waals surface area contributed by atoms with Crippen LogP contribution >= 0.6 is 23.2 Å². The fraction of sp³-hybridized carbons (Fsp3) is 0.455. The van der Waals surface area contributed by atoms with Crippen LogP contribution < -0.4 is 4.72 Å². The molecule has 96 valence electrons. The first-order valence-corrected chi connectivity index (χ1v) is 7.52. The van der Waals surface area contributed by atoms with Crippen molar-refractivity contribution in [3.63, 3.8) is 0 Å². The summed E-state index contributed by atoms with van der Waals surface area (Å²) in [5.74, 6) is 0.399. The van der Waals surface area contributed by atoms with E-state index in [1.165, 1.54) is 12.1 Å². The Labute approximate surface area is 112 Å². The number of hydrogen-bond donors (Lipinski definition) is 1. The summed E-state index contributed by atoms with van der Waals surface area (Å²) < 4.78 is 26.7. The minimum atomic E-state index is -3.52. The average molecular weight is 296 g/mol. The van der Waals surface area contributed by atoms with Crippen molar-refractivity contribution >= 4 is 33.2 Å². The van der Waals surface area contributed by atoms with E-state index in [1.807, 2.05) is 0 Å². The number of alkyl halides is 1. The van der Waals surface area contributed by atoms with Crippen molar-refractivity contribution in [3.05, 3.63) is 29.3 Å². The molecule has 1 aromatic carbocycles. The van der Waals surface area contributed by atoms with Crippen molar-refractivity contribution in [2.24, 2.45) is 0 Å². The molecule has 1 aromatic rings. The highest BCUT2D eigenvalue weighted by atomic mass is 35.5. The van der Waals surface area contributed by atoms with Gasteiger partial charge in [0.2, 0.25) is 10.0 Å². The van der Waals surface area contributed by atoms with E-state index in [0.717, 1.165) is 0 Å². The van der Waals surface area contributed by atoms with E-state index < -0.39 is 15.6 Å². The highest BCUT2D eigenvalue weighted by molar-refractivity contribution is 7.89. The molecule has 0 heterocycles. The van der Waals surface area contributed by atoms with Crippen LogP contribution in [0.3, 0.4) is 0 Å². The summed E-state index contributed by atoms with van der Waals surface area (Å²) >= 11 is 11.3. The molecule has 0 spiro atoms. The van der Waals surface area contributed by atoms with Crippen LogP contribution in [-0.2, 0) is 10.0 Å². The first-order valence-electron chi connectivity index (χ1n) is 5.12. The van der Waals surface area contributed by atoms with Crippen LogP contribution in [0.25, 0.3) is 0 Å². The van der Waals surface area contributed by atoms with Gasteiger partial charge in [0.15, 0.2) is 0 Å². The van der Waals surface area contributed by atoms with Crippen LogP contribution in [-0.4, -0.2) is 19.8 Å². The lowest BCUT2D eigenvalue weighted by atomic mass is 10.0. The Kier molecular flexibility index (Phi) is 4.84. The molecule has 0 amide bonds. The van der Waals surface area contributed by atoms with Crippen LogP contribution in [0.15, 0.2) is 29.2 Å². The molecule has 1 rings (SSSR count). The smallest absolute Gasteiger partial charge is 0.207 e. The molecule has 17 heavy (non-hydrogen) atoms. The van der Waals surface area contributed by atoms with Gasteiger partial charge in [-0.25, -0.2) is 13.1 Å². The standard InChI is InChI=1S/C11H15Cl2NO2S/c1-11(2,7-8-12)14-17(15,16)10-5-3-9(13)4-6-10/h3-6,14H,7-8H2,1-2H3.